The predicted molar refractivity (Wildman–Crippen MR) is 34.8 cm³/mol. The molecule has 0 amide bonds. The minimum Gasteiger partial charge on any atom is -0.308 e. The van der Waals surface area contributed by atoms with E-state index in [4.69, 9.17) is 11.3 Å². The number of hydrogen-bond acceptors (Lipinski definition) is 3. The van der Waals surface area contributed by atoms with E-state index in [0.717, 1.165) is 0 Å². The van der Waals surface area contributed by atoms with Crippen LogP contribution in [-0.2, 0) is 0 Å². The minimum atomic E-state index is -0.347. The topological polar surface area (TPSA) is 61.9 Å². The fourth-order valence-corrected chi connectivity index (χ4v) is 0.108. The maximum absolute atomic E-state index is 7.15. The summed E-state index contributed by atoms with van der Waals surface area (Å²) in [4.78, 5) is 0. The summed E-state index contributed by atoms with van der Waals surface area (Å²) in [6, 6.07) is 0. The molecular formula is C5H13N3. The third-order valence-corrected chi connectivity index (χ3v) is 1.30. The van der Waals surface area contributed by atoms with Crippen molar-refractivity contribution in [1.29, 1.82) is 5.41 Å². The van der Waals surface area contributed by atoms with Gasteiger partial charge in [-0.1, -0.05) is 0 Å². The molecule has 0 heterocycles. The molecule has 3 heteroatoms. The minimum absolute atomic E-state index is 0.347. The summed E-state index contributed by atoms with van der Waals surface area (Å²) in [6.45, 7) is 5.44. The lowest BCUT2D eigenvalue weighted by Gasteiger charge is -2.21. The molecule has 0 aromatic rings. The molecule has 0 saturated carbocycles. The predicted octanol–water partition coefficient (Wildman–Crippen LogP) is 0.268. The molecule has 8 heavy (non-hydrogen) atoms. The molecule has 0 unspecified atom stereocenters. The highest BCUT2D eigenvalue weighted by Crippen LogP contribution is 1.99. The van der Waals surface area contributed by atoms with Crippen molar-refractivity contribution in [2.24, 2.45) is 5.84 Å². The second-order valence-electron chi connectivity index (χ2n) is 2.39. The average Bonchev–Trinajstić information content (AvgIpc) is 1.67. The highest BCUT2D eigenvalue weighted by atomic mass is 15.3. The maximum Gasteiger partial charge on any atom is 0.0635 e. The molecule has 0 aliphatic carbocycles. The molecule has 0 bridgehead atoms. The number of hydrogen-bond donors (Lipinski definition) is 3. The van der Waals surface area contributed by atoms with Crippen LogP contribution in [0.15, 0.2) is 0 Å². The van der Waals surface area contributed by atoms with Crippen LogP contribution in [0.3, 0.4) is 0 Å². The number of hydrazine groups is 1. The van der Waals surface area contributed by atoms with Crippen molar-refractivity contribution >= 4 is 5.71 Å². The lowest BCUT2D eigenvalue weighted by molar-refractivity contribution is 0.520. The Bertz CT molecular complexity index is 95.8. The summed E-state index contributed by atoms with van der Waals surface area (Å²) in [6.07, 6.45) is 0. The number of rotatable bonds is 2. The van der Waals surface area contributed by atoms with Crippen LogP contribution in [0, 0.1) is 5.41 Å². The van der Waals surface area contributed by atoms with Crippen molar-refractivity contribution in [2.45, 2.75) is 26.3 Å². The zero-order chi connectivity index (χ0) is 6.78. The van der Waals surface area contributed by atoms with Crippen LogP contribution in [0.25, 0.3) is 0 Å². The highest BCUT2D eigenvalue weighted by Gasteiger charge is 2.16. The third kappa shape index (κ3) is 1.60. The van der Waals surface area contributed by atoms with E-state index in [1.807, 2.05) is 13.8 Å². The summed E-state index contributed by atoms with van der Waals surface area (Å²) < 4.78 is 0. The monoisotopic (exact) mass is 115 g/mol. The molecule has 0 saturated heterocycles. The lowest BCUT2D eigenvalue weighted by atomic mass is 10.0. The van der Waals surface area contributed by atoms with Crippen molar-refractivity contribution < 1.29 is 0 Å². The van der Waals surface area contributed by atoms with Crippen LogP contribution in [0.4, 0.5) is 0 Å². The van der Waals surface area contributed by atoms with Gasteiger partial charge in [-0.05, 0) is 20.8 Å². The Balaban J connectivity index is 3.91. The van der Waals surface area contributed by atoms with Gasteiger partial charge in [0.05, 0.1) is 5.54 Å². The van der Waals surface area contributed by atoms with E-state index in [2.05, 4.69) is 5.43 Å². The van der Waals surface area contributed by atoms with Crippen molar-refractivity contribution in [3.63, 3.8) is 0 Å². The van der Waals surface area contributed by atoms with Gasteiger partial charge in [-0.2, -0.15) is 0 Å². The van der Waals surface area contributed by atoms with Crippen molar-refractivity contribution in [1.82, 2.24) is 5.43 Å². The van der Waals surface area contributed by atoms with Gasteiger partial charge in [0.1, 0.15) is 0 Å². The second-order valence-corrected chi connectivity index (χ2v) is 2.39. The average molecular weight is 115 g/mol. The molecule has 0 aliphatic heterocycles. The Kier molecular flexibility index (Phi) is 2.12. The first-order valence-corrected chi connectivity index (χ1v) is 2.54. The van der Waals surface area contributed by atoms with E-state index in [1.165, 1.54) is 0 Å². The SMILES string of the molecule is CC(=N)C(C)(C)NN. The van der Waals surface area contributed by atoms with E-state index in [9.17, 15) is 0 Å². The number of nitrogens with one attached hydrogen (secondary N) is 2. The van der Waals surface area contributed by atoms with Crippen molar-refractivity contribution in [3.8, 4) is 0 Å². The van der Waals surface area contributed by atoms with E-state index in [0.29, 0.717) is 5.71 Å². The zero-order valence-electron chi connectivity index (χ0n) is 5.58. The molecule has 0 rings (SSSR count). The largest absolute Gasteiger partial charge is 0.308 e. The molecule has 0 aromatic carbocycles. The fraction of sp³-hybridized carbons (Fsp3) is 0.800. The molecule has 0 aliphatic rings. The summed E-state index contributed by atoms with van der Waals surface area (Å²) in [5.74, 6) is 5.12. The van der Waals surface area contributed by atoms with Crippen LogP contribution < -0.4 is 11.3 Å². The van der Waals surface area contributed by atoms with Gasteiger partial charge in [0.2, 0.25) is 0 Å². The molecule has 0 spiro atoms. The van der Waals surface area contributed by atoms with Crippen molar-refractivity contribution in [2.75, 3.05) is 0 Å². The Labute approximate surface area is 49.7 Å². The first-order chi connectivity index (χ1) is 3.50. The van der Waals surface area contributed by atoms with Crippen LogP contribution in [0.2, 0.25) is 0 Å². The van der Waals surface area contributed by atoms with Crippen molar-refractivity contribution in [3.05, 3.63) is 0 Å². The molecule has 4 N–H and O–H groups in total. The van der Waals surface area contributed by atoms with Gasteiger partial charge in [0, 0.05) is 5.71 Å². The van der Waals surface area contributed by atoms with E-state index >= 15 is 0 Å². The van der Waals surface area contributed by atoms with Gasteiger partial charge < -0.3 is 5.41 Å². The maximum atomic E-state index is 7.15. The molecule has 3 nitrogen and oxygen atoms in total. The second kappa shape index (κ2) is 2.24. The number of nitrogens with two attached hydrogens (primary N) is 1. The molecule has 0 aromatic heterocycles. The van der Waals surface area contributed by atoms with E-state index in [-0.39, 0.29) is 5.54 Å². The Morgan fingerprint density at radius 1 is 1.62 bits per heavy atom. The summed E-state index contributed by atoms with van der Waals surface area (Å²) in [5, 5.41) is 7.15. The Morgan fingerprint density at radius 2 is 2.00 bits per heavy atom. The highest BCUT2D eigenvalue weighted by molar-refractivity contribution is 5.87. The first-order valence-electron chi connectivity index (χ1n) is 2.54. The molecule has 0 fully saturated rings. The normalized spacial score (nSPS) is 11.5. The lowest BCUT2D eigenvalue weighted by Crippen LogP contribution is -2.49. The summed E-state index contributed by atoms with van der Waals surface area (Å²) in [7, 11) is 0. The molecular weight excluding hydrogens is 102 g/mol. The standard InChI is InChI=1S/C5H13N3/c1-4(6)5(2,3)8-7/h6,8H,7H2,1-3H3. The third-order valence-electron chi connectivity index (χ3n) is 1.30. The molecule has 0 atom stereocenters. The van der Waals surface area contributed by atoms with E-state index < -0.39 is 0 Å². The molecule has 48 valence electrons. The molecule has 0 radical (unpaired) electrons. The van der Waals surface area contributed by atoms with Gasteiger partial charge in [-0.25, -0.2) is 5.43 Å². The Hall–Kier alpha value is -0.410. The first kappa shape index (κ1) is 7.59. The van der Waals surface area contributed by atoms with Crippen LogP contribution in [-0.4, -0.2) is 11.3 Å². The fourth-order valence-electron chi connectivity index (χ4n) is 0.108. The van der Waals surface area contributed by atoms with Crippen LogP contribution >= 0.6 is 0 Å². The van der Waals surface area contributed by atoms with Gasteiger partial charge >= 0.3 is 0 Å². The Morgan fingerprint density at radius 3 is 2.00 bits per heavy atom. The van der Waals surface area contributed by atoms with Gasteiger partial charge in [-0.3, -0.25) is 5.84 Å². The van der Waals surface area contributed by atoms with Gasteiger partial charge in [-0.15, -0.1) is 0 Å². The van der Waals surface area contributed by atoms with Gasteiger partial charge in [0.25, 0.3) is 0 Å². The van der Waals surface area contributed by atoms with E-state index in [1.54, 1.807) is 6.92 Å². The summed E-state index contributed by atoms with van der Waals surface area (Å²) in [5.41, 5.74) is 2.71. The summed E-state index contributed by atoms with van der Waals surface area (Å²) >= 11 is 0. The smallest absolute Gasteiger partial charge is 0.0635 e. The van der Waals surface area contributed by atoms with Crippen LogP contribution in [0.1, 0.15) is 20.8 Å². The zero-order valence-corrected chi connectivity index (χ0v) is 5.58. The van der Waals surface area contributed by atoms with Crippen LogP contribution in [0.5, 0.6) is 0 Å². The quantitative estimate of drug-likeness (QED) is 0.275. The van der Waals surface area contributed by atoms with Gasteiger partial charge in [0.15, 0.2) is 0 Å².